The van der Waals surface area contributed by atoms with Crippen LogP contribution in [0, 0.1) is 5.92 Å². The Morgan fingerprint density at radius 1 is 0.947 bits per heavy atom. The molecule has 2 aromatic rings. The van der Waals surface area contributed by atoms with Gasteiger partial charge in [-0.25, -0.2) is 4.98 Å². The lowest BCUT2D eigenvalue weighted by Gasteiger charge is -2.32. The summed E-state index contributed by atoms with van der Waals surface area (Å²) in [6.07, 6.45) is 3.00. The molecule has 206 valence electrons. The fourth-order valence-corrected chi connectivity index (χ4v) is 6.08. The largest absolute Gasteiger partial charge is 0.493 e. The van der Waals surface area contributed by atoms with E-state index in [1.165, 1.54) is 32.7 Å². The van der Waals surface area contributed by atoms with Crippen molar-refractivity contribution in [3.8, 4) is 17.2 Å². The van der Waals surface area contributed by atoms with E-state index in [9.17, 15) is 14.4 Å². The second kappa shape index (κ2) is 12.5. The number of ether oxygens (including phenoxy) is 4. The number of thiazole rings is 1. The molecule has 0 aliphatic carbocycles. The van der Waals surface area contributed by atoms with Crippen LogP contribution in [0.3, 0.4) is 0 Å². The van der Waals surface area contributed by atoms with E-state index in [4.69, 9.17) is 18.9 Å². The van der Waals surface area contributed by atoms with Gasteiger partial charge >= 0.3 is 5.97 Å². The van der Waals surface area contributed by atoms with Crippen molar-refractivity contribution < 1.29 is 33.3 Å². The van der Waals surface area contributed by atoms with Crippen molar-refractivity contribution in [2.24, 2.45) is 5.92 Å². The van der Waals surface area contributed by atoms with Crippen molar-refractivity contribution >= 4 is 29.1 Å². The molecule has 38 heavy (non-hydrogen) atoms. The Bertz CT molecular complexity index is 1160. The van der Waals surface area contributed by atoms with E-state index in [1.54, 1.807) is 29.3 Å². The van der Waals surface area contributed by atoms with Crippen LogP contribution in [0.1, 0.15) is 64.4 Å². The Kier molecular flexibility index (Phi) is 9.09. The van der Waals surface area contributed by atoms with Crippen LogP contribution < -0.4 is 14.2 Å². The topological polar surface area (TPSA) is 108 Å². The fourth-order valence-electron chi connectivity index (χ4n) is 5.12. The number of benzene rings is 1. The Morgan fingerprint density at radius 2 is 1.68 bits per heavy atom. The first-order chi connectivity index (χ1) is 18.4. The van der Waals surface area contributed by atoms with Gasteiger partial charge in [-0.05, 0) is 44.7 Å². The molecule has 0 spiro atoms. The zero-order valence-corrected chi connectivity index (χ0v) is 23.2. The van der Waals surface area contributed by atoms with Crippen molar-refractivity contribution in [3.05, 3.63) is 33.8 Å². The molecule has 3 heterocycles. The summed E-state index contributed by atoms with van der Waals surface area (Å²) in [5.74, 6) is 0.615. The molecular formula is C27H35N3O7S. The molecule has 2 saturated heterocycles. The number of carbonyl (C=O) groups excluding carboxylic acids is 3. The van der Waals surface area contributed by atoms with Crippen LogP contribution in [-0.4, -0.2) is 86.7 Å². The maximum Gasteiger partial charge on any atom is 0.310 e. The zero-order chi connectivity index (χ0) is 27.2. The molecule has 1 unspecified atom stereocenters. The standard InChI is InChI=1S/C27H35N3O7S/c1-5-37-27(33)18-7-6-12-30(15-18)26(32)20-16-38-24(28-20)17-10-13-29(14-11-17)25(31)19-8-9-21(34-2)23(36-4)22(19)35-3/h8-9,16-18H,5-7,10-15H2,1-4H3. The van der Waals surface area contributed by atoms with Crippen molar-refractivity contribution in [1.29, 1.82) is 0 Å². The van der Waals surface area contributed by atoms with Gasteiger partial charge in [0.25, 0.3) is 11.8 Å². The summed E-state index contributed by atoms with van der Waals surface area (Å²) in [6, 6.07) is 3.40. The Morgan fingerprint density at radius 3 is 2.34 bits per heavy atom. The highest BCUT2D eigenvalue weighted by Crippen LogP contribution is 2.41. The van der Waals surface area contributed by atoms with Gasteiger partial charge in [0.15, 0.2) is 11.5 Å². The average Bonchev–Trinajstić information content (AvgIpc) is 3.46. The lowest BCUT2D eigenvalue weighted by Crippen LogP contribution is -2.43. The minimum atomic E-state index is -0.281. The minimum Gasteiger partial charge on any atom is -0.493 e. The molecule has 0 saturated carbocycles. The van der Waals surface area contributed by atoms with Gasteiger partial charge in [-0.1, -0.05) is 0 Å². The summed E-state index contributed by atoms with van der Waals surface area (Å²) in [7, 11) is 4.55. The van der Waals surface area contributed by atoms with Crippen molar-refractivity contribution in [1.82, 2.24) is 14.8 Å². The van der Waals surface area contributed by atoms with Crippen molar-refractivity contribution in [2.45, 2.75) is 38.5 Å². The molecule has 2 fully saturated rings. The van der Waals surface area contributed by atoms with Gasteiger partial charge in [-0.3, -0.25) is 14.4 Å². The van der Waals surface area contributed by atoms with Gasteiger partial charge in [-0.2, -0.15) is 0 Å². The van der Waals surface area contributed by atoms with Gasteiger partial charge in [0, 0.05) is 37.5 Å². The number of methoxy groups -OCH3 is 3. The summed E-state index contributed by atoms with van der Waals surface area (Å²) in [4.78, 5) is 46.8. The lowest BCUT2D eigenvalue weighted by molar-refractivity contribution is -0.149. The molecule has 10 nitrogen and oxygen atoms in total. The van der Waals surface area contributed by atoms with E-state index in [1.807, 2.05) is 4.90 Å². The van der Waals surface area contributed by atoms with Gasteiger partial charge in [0.1, 0.15) is 5.69 Å². The van der Waals surface area contributed by atoms with Crippen LogP contribution in [0.15, 0.2) is 17.5 Å². The second-order valence-electron chi connectivity index (χ2n) is 9.36. The van der Waals surface area contributed by atoms with Crippen LogP contribution >= 0.6 is 11.3 Å². The monoisotopic (exact) mass is 545 g/mol. The van der Waals surface area contributed by atoms with E-state index < -0.39 is 0 Å². The van der Waals surface area contributed by atoms with Gasteiger partial charge < -0.3 is 28.7 Å². The van der Waals surface area contributed by atoms with Crippen LogP contribution in [0.5, 0.6) is 17.2 Å². The summed E-state index contributed by atoms with van der Waals surface area (Å²) in [5, 5.41) is 2.71. The number of aromatic nitrogens is 1. The van der Waals surface area contributed by atoms with E-state index in [-0.39, 0.29) is 29.6 Å². The summed E-state index contributed by atoms with van der Waals surface area (Å²) in [5.41, 5.74) is 0.844. The van der Waals surface area contributed by atoms with Gasteiger partial charge in [0.2, 0.25) is 5.75 Å². The summed E-state index contributed by atoms with van der Waals surface area (Å²) >= 11 is 1.48. The van der Waals surface area contributed by atoms with Crippen LogP contribution in [-0.2, 0) is 9.53 Å². The lowest BCUT2D eigenvalue weighted by atomic mass is 9.96. The first-order valence-corrected chi connectivity index (χ1v) is 13.8. The first-order valence-electron chi connectivity index (χ1n) is 12.9. The molecule has 0 bridgehead atoms. The predicted molar refractivity (Wildman–Crippen MR) is 141 cm³/mol. The molecule has 1 atom stereocenters. The normalized spacial score (nSPS) is 18.2. The number of hydrogen-bond donors (Lipinski definition) is 0. The molecule has 1 aromatic heterocycles. The molecule has 2 amide bonds. The van der Waals surface area contributed by atoms with E-state index in [0.717, 1.165) is 30.7 Å². The fraction of sp³-hybridized carbons (Fsp3) is 0.556. The average molecular weight is 546 g/mol. The minimum absolute atomic E-state index is 0.127. The molecule has 0 N–H and O–H groups in total. The number of piperidine rings is 2. The third-order valence-corrected chi connectivity index (χ3v) is 8.14. The highest BCUT2D eigenvalue weighted by molar-refractivity contribution is 7.09. The van der Waals surface area contributed by atoms with E-state index in [2.05, 4.69) is 4.98 Å². The molecule has 2 aliphatic rings. The predicted octanol–water partition coefficient (Wildman–Crippen LogP) is 3.60. The maximum atomic E-state index is 13.3. The molecular weight excluding hydrogens is 510 g/mol. The Balaban J connectivity index is 1.38. The number of likely N-dealkylation sites (tertiary alicyclic amines) is 2. The summed E-state index contributed by atoms with van der Waals surface area (Å²) < 4.78 is 21.4. The van der Waals surface area contributed by atoms with Crippen molar-refractivity contribution in [2.75, 3.05) is 54.1 Å². The third-order valence-electron chi connectivity index (χ3n) is 7.14. The highest BCUT2D eigenvalue weighted by Gasteiger charge is 2.32. The van der Waals surface area contributed by atoms with Gasteiger partial charge in [-0.15, -0.1) is 11.3 Å². The number of carbonyl (C=O) groups is 3. The number of rotatable bonds is 8. The summed E-state index contributed by atoms with van der Waals surface area (Å²) in [6.45, 7) is 4.24. The quantitative estimate of drug-likeness (QED) is 0.463. The molecule has 4 rings (SSSR count). The number of nitrogens with zero attached hydrogens (tertiary/aromatic N) is 3. The SMILES string of the molecule is CCOC(=O)C1CCCN(C(=O)c2csc(C3CCN(C(=O)c4ccc(OC)c(OC)c4OC)CC3)n2)C1. The number of amides is 2. The van der Waals surface area contributed by atoms with Crippen LogP contribution in [0.2, 0.25) is 0 Å². The highest BCUT2D eigenvalue weighted by atomic mass is 32.1. The van der Waals surface area contributed by atoms with E-state index in [0.29, 0.717) is 61.3 Å². The third kappa shape index (κ3) is 5.72. The van der Waals surface area contributed by atoms with Crippen LogP contribution in [0.4, 0.5) is 0 Å². The Labute approximate surface area is 226 Å². The number of hydrogen-bond acceptors (Lipinski definition) is 9. The maximum absolute atomic E-state index is 13.3. The second-order valence-corrected chi connectivity index (χ2v) is 10.3. The molecule has 1 aromatic carbocycles. The number of esters is 1. The first kappa shape index (κ1) is 27.7. The smallest absolute Gasteiger partial charge is 0.310 e. The van der Waals surface area contributed by atoms with E-state index >= 15 is 0 Å². The van der Waals surface area contributed by atoms with Crippen LogP contribution in [0.25, 0.3) is 0 Å². The van der Waals surface area contributed by atoms with Gasteiger partial charge in [0.05, 0.1) is 44.4 Å². The molecule has 2 aliphatic heterocycles. The molecule has 0 radical (unpaired) electrons. The van der Waals surface area contributed by atoms with Crippen molar-refractivity contribution in [3.63, 3.8) is 0 Å². The zero-order valence-electron chi connectivity index (χ0n) is 22.4. The molecule has 11 heteroatoms. The Hall–Kier alpha value is -3.34.